The van der Waals surface area contributed by atoms with Gasteiger partial charge in [-0.3, -0.25) is 0 Å². The van der Waals surface area contributed by atoms with E-state index in [9.17, 15) is 13.2 Å². The number of imidazole rings is 1. The fourth-order valence-corrected chi connectivity index (χ4v) is 1.57. The number of aromatic nitrogens is 4. The summed E-state index contributed by atoms with van der Waals surface area (Å²) in [5.41, 5.74) is 0.669. The number of hydrogen-bond acceptors (Lipinski definition) is 5. The van der Waals surface area contributed by atoms with Crippen molar-refractivity contribution < 1.29 is 22.6 Å². The fourth-order valence-electron chi connectivity index (χ4n) is 1.57. The highest BCUT2D eigenvalue weighted by Crippen LogP contribution is 2.28. The summed E-state index contributed by atoms with van der Waals surface area (Å²) >= 11 is 0. The molecule has 2 aromatic heterocycles. The van der Waals surface area contributed by atoms with Gasteiger partial charge in [0.2, 0.25) is 5.88 Å². The van der Waals surface area contributed by atoms with Gasteiger partial charge in [-0.05, 0) is 0 Å². The average Bonchev–Trinajstić information content (AvgIpc) is 2.83. The van der Waals surface area contributed by atoms with Crippen molar-refractivity contribution in [1.82, 2.24) is 19.5 Å². The predicted octanol–water partition coefficient (Wildman–Crippen LogP) is 1.92. The molecule has 6 nitrogen and oxygen atoms in total. The average molecular weight is 288 g/mol. The summed E-state index contributed by atoms with van der Waals surface area (Å²) in [5, 5.41) is 0. The van der Waals surface area contributed by atoms with Crippen LogP contribution in [0.5, 0.6) is 11.9 Å². The first-order valence-electron chi connectivity index (χ1n) is 5.47. The van der Waals surface area contributed by atoms with Crippen molar-refractivity contribution in [2.24, 2.45) is 0 Å². The molecule has 0 saturated carbocycles. The molecule has 0 fully saturated rings. The zero-order chi connectivity index (χ0) is 14.8. The highest BCUT2D eigenvalue weighted by Gasteiger charge is 2.28. The Morgan fingerprint density at radius 3 is 2.55 bits per heavy atom. The van der Waals surface area contributed by atoms with E-state index in [1.165, 1.54) is 26.6 Å². The number of methoxy groups -OCH3 is 2. The second-order valence-electron chi connectivity index (χ2n) is 3.83. The summed E-state index contributed by atoms with van der Waals surface area (Å²) in [6, 6.07) is 0.0975. The van der Waals surface area contributed by atoms with Gasteiger partial charge in [0.1, 0.15) is 6.54 Å². The number of ether oxygens (including phenoxy) is 2. The van der Waals surface area contributed by atoms with Gasteiger partial charge in [0, 0.05) is 12.4 Å². The van der Waals surface area contributed by atoms with Gasteiger partial charge in [-0.25, -0.2) is 9.97 Å². The minimum absolute atomic E-state index is 0.0975. The third-order valence-corrected chi connectivity index (χ3v) is 2.38. The summed E-state index contributed by atoms with van der Waals surface area (Å²) in [6.45, 7) is -1.11. The van der Waals surface area contributed by atoms with E-state index < -0.39 is 12.7 Å². The first-order valence-corrected chi connectivity index (χ1v) is 5.47. The smallest absolute Gasteiger partial charge is 0.406 e. The Hall–Kier alpha value is -2.32. The lowest BCUT2D eigenvalue weighted by Crippen LogP contribution is -2.16. The van der Waals surface area contributed by atoms with Crippen LogP contribution in [0.3, 0.4) is 0 Å². The zero-order valence-electron chi connectivity index (χ0n) is 10.7. The number of hydrogen-bond donors (Lipinski definition) is 0. The summed E-state index contributed by atoms with van der Waals surface area (Å²) in [7, 11) is 2.78. The number of nitrogens with zero attached hydrogens (tertiary/aromatic N) is 4. The predicted molar refractivity (Wildman–Crippen MR) is 62.4 cm³/mol. The zero-order valence-corrected chi connectivity index (χ0v) is 10.7. The standard InChI is InChI=1S/C11H11F3N4O2/c1-19-9-7(3-15-10(17-9)20-2)8-4-18(6-16-8)5-11(12,13)14/h3-4,6H,5H2,1-2H3. The SMILES string of the molecule is COc1ncc(-c2cn(CC(F)(F)F)cn2)c(OC)n1. The Labute approximate surface area is 112 Å². The van der Waals surface area contributed by atoms with Crippen molar-refractivity contribution in [2.45, 2.75) is 12.7 Å². The van der Waals surface area contributed by atoms with Gasteiger partial charge < -0.3 is 14.0 Å². The van der Waals surface area contributed by atoms with E-state index in [1.807, 2.05) is 0 Å². The Bertz CT molecular complexity index is 598. The molecule has 2 heterocycles. The van der Waals surface area contributed by atoms with Crippen LogP contribution >= 0.6 is 0 Å². The maximum atomic E-state index is 12.3. The summed E-state index contributed by atoms with van der Waals surface area (Å²) in [4.78, 5) is 11.7. The van der Waals surface area contributed by atoms with Crippen molar-refractivity contribution in [1.29, 1.82) is 0 Å². The van der Waals surface area contributed by atoms with E-state index in [-0.39, 0.29) is 17.6 Å². The minimum atomic E-state index is -4.31. The highest BCUT2D eigenvalue weighted by molar-refractivity contribution is 5.63. The molecule has 0 aromatic carbocycles. The molecule has 0 bridgehead atoms. The van der Waals surface area contributed by atoms with Gasteiger partial charge in [0.05, 0.1) is 31.8 Å². The van der Waals surface area contributed by atoms with Crippen LogP contribution in [0.2, 0.25) is 0 Å². The quantitative estimate of drug-likeness (QED) is 0.860. The summed E-state index contributed by atoms with van der Waals surface area (Å²) < 4.78 is 47.7. The van der Waals surface area contributed by atoms with Crippen LogP contribution in [0.25, 0.3) is 11.3 Å². The van der Waals surface area contributed by atoms with Crippen molar-refractivity contribution in [3.05, 3.63) is 18.7 Å². The van der Waals surface area contributed by atoms with Crippen LogP contribution in [0, 0.1) is 0 Å². The van der Waals surface area contributed by atoms with E-state index in [2.05, 4.69) is 15.0 Å². The highest BCUT2D eigenvalue weighted by atomic mass is 19.4. The molecule has 0 saturated heterocycles. The van der Waals surface area contributed by atoms with Crippen molar-refractivity contribution in [3.8, 4) is 23.1 Å². The Balaban J connectivity index is 2.32. The molecule has 2 rings (SSSR count). The molecular weight excluding hydrogens is 277 g/mol. The molecule has 0 N–H and O–H groups in total. The van der Waals surface area contributed by atoms with Gasteiger partial charge in [-0.1, -0.05) is 0 Å². The molecule has 0 amide bonds. The van der Waals surface area contributed by atoms with E-state index >= 15 is 0 Å². The Morgan fingerprint density at radius 2 is 1.95 bits per heavy atom. The normalized spacial score (nSPS) is 11.4. The van der Waals surface area contributed by atoms with Gasteiger partial charge in [0.15, 0.2) is 0 Å². The van der Waals surface area contributed by atoms with E-state index in [0.717, 1.165) is 10.9 Å². The molecule has 108 valence electrons. The van der Waals surface area contributed by atoms with Gasteiger partial charge in [-0.2, -0.15) is 18.2 Å². The minimum Gasteiger partial charge on any atom is -0.480 e. The largest absolute Gasteiger partial charge is 0.480 e. The van der Waals surface area contributed by atoms with Crippen LogP contribution in [0.4, 0.5) is 13.2 Å². The second kappa shape index (κ2) is 5.35. The lowest BCUT2D eigenvalue weighted by Gasteiger charge is -2.07. The summed E-state index contributed by atoms with van der Waals surface area (Å²) in [6.07, 6.45) is -0.586. The topological polar surface area (TPSA) is 62.1 Å². The Kier molecular flexibility index (Phi) is 3.77. The summed E-state index contributed by atoms with van der Waals surface area (Å²) in [5.74, 6) is 0.175. The first-order chi connectivity index (χ1) is 9.43. The van der Waals surface area contributed by atoms with Crippen LogP contribution in [-0.4, -0.2) is 39.9 Å². The van der Waals surface area contributed by atoms with Crippen LogP contribution < -0.4 is 9.47 Å². The van der Waals surface area contributed by atoms with E-state index in [0.29, 0.717) is 5.56 Å². The molecule has 0 aliphatic carbocycles. The number of alkyl halides is 3. The van der Waals surface area contributed by atoms with Gasteiger partial charge in [0.25, 0.3) is 0 Å². The number of rotatable bonds is 4. The maximum Gasteiger partial charge on any atom is 0.406 e. The van der Waals surface area contributed by atoms with Crippen LogP contribution in [-0.2, 0) is 6.54 Å². The lowest BCUT2D eigenvalue weighted by molar-refractivity contribution is -0.140. The monoisotopic (exact) mass is 288 g/mol. The third-order valence-electron chi connectivity index (χ3n) is 2.38. The molecule has 0 unspecified atom stereocenters. The molecule has 9 heteroatoms. The van der Waals surface area contributed by atoms with E-state index in [4.69, 9.17) is 9.47 Å². The molecule has 0 spiro atoms. The van der Waals surface area contributed by atoms with Gasteiger partial charge >= 0.3 is 12.2 Å². The molecule has 0 aliphatic heterocycles. The first kappa shape index (κ1) is 14.1. The van der Waals surface area contributed by atoms with Gasteiger partial charge in [-0.15, -0.1) is 0 Å². The molecule has 20 heavy (non-hydrogen) atoms. The van der Waals surface area contributed by atoms with Crippen LogP contribution in [0.1, 0.15) is 0 Å². The van der Waals surface area contributed by atoms with Crippen molar-refractivity contribution >= 4 is 0 Å². The maximum absolute atomic E-state index is 12.3. The van der Waals surface area contributed by atoms with Crippen molar-refractivity contribution in [2.75, 3.05) is 14.2 Å². The molecular formula is C11H11F3N4O2. The fraction of sp³-hybridized carbons (Fsp3) is 0.364. The molecule has 0 aliphatic rings. The number of halogens is 3. The Morgan fingerprint density at radius 1 is 1.20 bits per heavy atom. The lowest BCUT2D eigenvalue weighted by atomic mass is 10.2. The second-order valence-corrected chi connectivity index (χ2v) is 3.83. The molecule has 0 radical (unpaired) electrons. The van der Waals surface area contributed by atoms with Crippen molar-refractivity contribution in [3.63, 3.8) is 0 Å². The third kappa shape index (κ3) is 3.16. The molecule has 2 aromatic rings. The van der Waals surface area contributed by atoms with E-state index in [1.54, 1.807) is 0 Å². The molecule has 0 atom stereocenters. The van der Waals surface area contributed by atoms with Crippen LogP contribution in [0.15, 0.2) is 18.7 Å².